The topological polar surface area (TPSA) is 28.2 Å². The van der Waals surface area contributed by atoms with Gasteiger partial charge in [-0.05, 0) is 51.1 Å². The highest BCUT2D eigenvalue weighted by molar-refractivity contribution is 8.00. The number of thiazole rings is 1. The van der Waals surface area contributed by atoms with Crippen LogP contribution in [0, 0.1) is 0 Å². The number of nitrogens with zero attached hydrogens (tertiary/aromatic N) is 2. The Bertz CT molecular complexity index is 601. The lowest BCUT2D eigenvalue weighted by Gasteiger charge is -2.35. The van der Waals surface area contributed by atoms with Gasteiger partial charge >= 0.3 is 0 Å². The van der Waals surface area contributed by atoms with Crippen LogP contribution in [0.1, 0.15) is 26.7 Å². The molecule has 0 amide bonds. The first-order valence-corrected chi connectivity index (χ1v) is 9.65. The maximum atomic E-state index is 4.60. The summed E-state index contributed by atoms with van der Waals surface area (Å²) in [5.74, 6) is 0. The van der Waals surface area contributed by atoms with Crippen molar-refractivity contribution in [2.45, 2.75) is 43.1 Å². The Labute approximate surface area is 135 Å². The van der Waals surface area contributed by atoms with Crippen molar-refractivity contribution in [2.75, 3.05) is 24.7 Å². The standard InChI is InChI=1S/C16H23N3S2/c1-11(2)19-8-6-12(7-9-19)17-13-4-5-14-15(10-13)21-16(18-14)20-3/h4-5,10-12,17H,6-9H2,1-3H3. The minimum atomic E-state index is 0.602. The van der Waals surface area contributed by atoms with E-state index in [1.54, 1.807) is 23.1 Å². The molecule has 1 fully saturated rings. The molecule has 1 aliphatic rings. The minimum absolute atomic E-state index is 0.602. The first-order chi connectivity index (χ1) is 10.2. The van der Waals surface area contributed by atoms with E-state index in [0.717, 1.165) is 9.86 Å². The Morgan fingerprint density at radius 3 is 2.76 bits per heavy atom. The van der Waals surface area contributed by atoms with Crippen LogP contribution in [-0.2, 0) is 0 Å². The second kappa shape index (κ2) is 6.55. The molecule has 0 bridgehead atoms. The molecular weight excluding hydrogens is 298 g/mol. The number of benzene rings is 1. The second-order valence-electron chi connectivity index (χ2n) is 5.91. The summed E-state index contributed by atoms with van der Waals surface area (Å²) in [6, 6.07) is 7.83. The van der Waals surface area contributed by atoms with Gasteiger partial charge in [-0.2, -0.15) is 0 Å². The Morgan fingerprint density at radius 2 is 2.10 bits per heavy atom. The number of aromatic nitrogens is 1. The average molecular weight is 322 g/mol. The van der Waals surface area contributed by atoms with Gasteiger partial charge in [0.05, 0.1) is 10.2 Å². The summed E-state index contributed by atoms with van der Waals surface area (Å²) in [6.07, 6.45) is 4.54. The number of nitrogens with one attached hydrogen (secondary N) is 1. The lowest BCUT2D eigenvalue weighted by molar-refractivity contribution is 0.177. The summed E-state index contributed by atoms with van der Waals surface area (Å²) in [4.78, 5) is 7.16. The van der Waals surface area contributed by atoms with Gasteiger partial charge in [-0.25, -0.2) is 4.98 Å². The van der Waals surface area contributed by atoms with E-state index in [0.29, 0.717) is 12.1 Å². The number of thioether (sulfide) groups is 1. The molecule has 2 heterocycles. The highest BCUT2D eigenvalue weighted by atomic mass is 32.2. The van der Waals surface area contributed by atoms with Gasteiger partial charge in [0, 0.05) is 30.9 Å². The molecule has 21 heavy (non-hydrogen) atoms. The Balaban J connectivity index is 1.65. The number of anilines is 1. The van der Waals surface area contributed by atoms with Crippen LogP contribution in [-0.4, -0.2) is 41.3 Å². The molecule has 0 unspecified atom stereocenters. The second-order valence-corrected chi connectivity index (χ2v) is 8.00. The number of hydrogen-bond acceptors (Lipinski definition) is 5. The van der Waals surface area contributed by atoms with Crippen molar-refractivity contribution in [3.63, 3.8) is 0 Å². The first-order valence-electron chi connectivity index (χ1n) is 7.61. The van der Waals surface area contributed by atoms with Crippen LogP contribution < -0.4 is 5.32 Å². The highest BCUT2D eigenvalue weighted by Gasteiger charge is 2.20. The molecule has 0 radical (unpaired) electrons. The monoisotopic (exact) mass is 321 g/mol. The summed E-state index contributed by atoms with van der Waals surface area (Å²) < 4.78 is 2.43. The summed E-state index contributed by atoms with van der Waals surface area (Å²) >= 11 is 3.50. The van der Waals surface area contributed by atoms with Crippen LogP contribution in [0.5, 0.6) is 0 Å². The average Bonchev–Trinajstić information content (AvgIpc) is 2.90. The molecule has 1 aromatic heterocycles. The molecule has 0 saturated carbocycles. The maximum Gasteiger partial charge on any atom is 0.150 e. The number of fused-ring (bicyclic) bond motifs is 1. The zero-order valence-corrected chi connectivity index (χ0v) is 14.6. The molecule has 1 N–H and O–H groups in total. The van der Waals surface area contributed by atoms with E-state index >= 15 is 0 Å². The van der Waals surface area contributed by atoms with Gasteiger partial charge in [0.1, 0.15) is 0 Å². The molecular formula is C16H23N3S2. The lowest BCUT2D eigenvalue weighted by atomic mass is 10.0. The van der Waals surface area contributed by atoms with Gasteiger partial charge in [0.15, 0.2) is 4.34 Å². The van der Waals surface area contributed by atoms with Crippen LogP contribution in [0.25, 0.3) is 10.2 Å². The predicted molar refractivity (Wildman–Crippen MR) is 94.8 cm³/mol. The highest BCUT2D eigenvalue weighted by Crippen LogP contribution is 2.30. The maximum absolute atomic E-state index is 4.60. The Kier molecular flexibility index (Phi) is 4.72. The molecule has 3 rings (SSSR count). The summed E-state index contributed by atoms with van der Waals surface area (Å²) in [5, 5.41) is 3.71. The van der Waals surface area contributed by atoms with E-state index in [1.165, 1.54) is 36.3 Å². The van der Waals surface area contributed by atoms with Gasteiger partial charge in [-0.1, -0.05) is 11.8 Å². The van der Waals surface area contributed by atoms with Crippen LogP contribution in [0.3, 0.4) is 0 Å². The third-order valence-corrected chi connectivity index (χ3v) is 6.18. The summed E-state index contributed by atoms with van der Waals surface area (Å²) in [6.45, 7) is 6.98. The first kappa shape index (κ1) is 15.1. The molecule has 1 aromatic carbocycles. The van der Waals surface area contributed by atoms with Gasteiger partial charge < -0.3 is 10.2 Å². The van der Waals surface area contributed by atoms with E-state index in [1.807, 2.05) is 0 Å². The van der Waals surface area contributed by atoms with Gasteiger partial charge in [-0.15, -0.1) is 11.3 Å². The van der Waals surface area contributed by atoms with E-state index in [9.17, 15) is 0 Å². The SMILES string of the molecule is CSc1nc2ccc(NC3CCN(C(C)C)CC3)cc2s1. The molecule has 5 heteroatoms. The molecule has 2 aromatic rings. The fraction of sp³-hybridized carbons (Fsp3) is 0.562. The number of hydrogen-bond donors (Lipinski definition) is 1. The fourth-order valence-electron chi connectivity index (χ4n) is 2.88. The predicted octanol–water partition coefficient (Wildman–Crippen LogP) is 4.30. The quantitative estimate of drug-likeness (QED) is 0.850. The summed E-state index contributed by atoms with van der Waals surface area (Å²) in [7, 11) is 0. The number of piperidine rings is 1. The molecule has 0 aliphatic carbocycles. The fourth-order valence-corrected chi connectivity index (χ4v) is 4.41. The molecule has 1 saturated heterocycles. The minimum Gasteiger partial charge on any atom is -0.382 e. The number of likely N-dealkylation sites (tertiary alicyclic amines) is 1. The van der Waals surface area contributed by atoms with E-state index in [-0.39, 0.29) is 0 Å². The van der Waals surface area contributed by atoms with Gasteiger partial charge in [0.2, 0.25) is 0 Å². The van der Waals surface area contributed by atoms with Crippen LogP contribution >= 0.6 is 23.1 Å². The van der Waals surface area contributed by atoms with Crippen LogP contribution in [0.2, 0.25) is 0 Å². The van der Waals surface area contributed by atoms with Crippen molar-refractivity contribution in [3.05, 3.63) is 18.2 Å². The molecule has 1 aliphatic heterocycles. The van der Waals surface area contributed by atoms with Crippen molar-refractivity contribution in [1.82, 2.24) is 9.88 Å². The Hall–Kier alpha value is -0.780. The third-order valence-electron chi connectivity index (χ3n) is 4.17. The molecule has 3 nitrogen and oxygen atoms in total. The van der Waals surface area contributed by atoms with Gasteiger partial charge in [-0.3, -0.25) is 0 Å². The normalized spacial score (nSPS) is 17.7. The van der Waals surface area contributed by atoms with Crippen LogP contribution in [0.15, 0.2) is 22.5 Å². The largest absolute Gasteiger partial charge is 0.382 e. The molecule has 0 spiro atoms. The molecule has 114 valence electrons. The van der Waals surface area contributed by atoms with Crippen molar-refractivity contribution in [3.8, 4) is 0 Å². The third kappa shape index (κ3) is 3.52. The lowest BCUT2D eigenvalue weighted by Crippen LogP contribution is -2.42. The zero-order chi connectivity index (χ0) is 14.8. The van der Waals surface area contributed by atoms with Crippen molar-refractivity contribution < 1.29 is 0 Å². The molecule has 0 atom stereocenters. The summed E-state index contributed by atoms with van der Waals surface area (Å²) in [5.41, 5.74) is 2.35. The number of rotatable bonds is 4. The van der Waals surface area contributed by atoms with E-state index in [4.69, 9.17) is 0 Å². The van der Waals surface area contributed by atoms with Crippen LogP contribution in [0.4, 0.5) is 5.69 Å². The van der Waals surface area contributed by atoms with Crippen molar-refractivity contribution >= 4 is 39.0 Å². The van der Waals surface area contributed by atoms with E-state index < -0.39 is 0 Å². The zero-order valence-electron chi connectivity index (χ0n) is 12.9. The smallest absolute Gasteiger partial charge is 0.150 e. The van der Waals surface area contributed by atoms with Crippen molar-refractivity contribution in [1.29, 1.82) is 0 Å². The van der Waals surface area contributed by atoms with Crippen molar-refractivity contribution in [2.24, 2.45) is 0 Å². The Morgan fingerprint density at radius 1 is 1.33 bits per heavy atom. The van der Waals surface area contributed by atoms with Gasteiger partial charge in [0.25, 0.3) is 0 Å². The van der Waals surface area contributed by atoms with E-state index in [2.05, 4.69) is 53.5 Å².